The first-order valence-corrected chi connectivity index (χ1v) is 10.5. The Hall–Kier alpha value is -3.49. The fourth-order valence-electron chi connectivity index (χ4n) is 4.55. The number of alkyl halides is 2. The zero-order valence-corrected chi connectivity index (χ0v) is 17.4. The van der Waals surface area contributed by atoms with E-state index in [1.807, 2.05) is 11.8 Å². The molecule has 164 valence electrons. The third-order valence-electron chi connectivity index (χ3n) is 6.01. The van der Waals surface area contributed by atoms with Crippen molar-refractivity contribution >= 4 is 5.91 Å². The highest BCUT2D eigenvalue weighted by atomic mass is 19.3. The van der Waals surface area contributed by atoms with E-state index in [0.29, 0.717) is 29.5 Å². The Morgan fingerprint density at radius 3 is 2.62 bits per heavy atom. The number of aromatic nitrogens is 4. The van der Waals surface area contributed by atoms with Gasteiger partial charge in [0, 0.05) is 42.5 Å². The molecule has 1 saturated carbocycles. The highest BCUT2D eigenvalue weighted by molar-refractivity contribution is 5.99. The minimum Gasteiger partial charge on any atom is -0.472 e. The minimum absolute atomic E-state index is 0.116. The fourth-order valence-corrected chi connectivity index (χ4v) is 4.55. The number of ether oxygens (including phenoxy) is 1. The van der Waals surface area contributed by atoms with Crippen LogP contribution in [0.5, 0.6) is 5.88 Å². The fraction of sp³-hybridized carbons (Fsp3) is 0.348. The molecule has 0 spiro atoms. The van der Waals surface area contributed by atoms with Crippen LogP contribution in [-0.4, -0.2) is 49.4 Å². The lowest BCUT2D eigenvalue weighted by Gasteiger charge is -2.33. The summed E-state index contributed by atoms with van der Waals surface area (Å²) in [6.07, 6.45) is 3.19. The van der Waals surface area contributed by atoms with Gasteiger partial charge in [-0.05, 0) is 49.9 Å². The van der Waals surface area contributed by atoms with Crippen LogP contribution in [0.25, 0.3) is 11.5 Å². The minimum atomic E-state index is -2.57. The maximum absolute atomic E-state index is 13.5. The van der Waals surface area contributed by atoms with Crippen LogP contribution in [0, 0.1) is 12.8 Å². The Labute approximate surface area is 183 Å². The molecule has 1 amide bonds. The van der Waals surface area contributed by atoms with E-state index in [1.165, 1.54) is 12.1 Å². The van der Waals surface area contributed by atoms with Gasteiger partial charge in [0.05, 0.1) is 11.6 Å². The summed E-state index contributed by atoms with van der Waals surface area (Å²) in [5.74, 6) is 0.876. The summed E-state index contributed by atoms with van der Waals surface area (Å²) >= 11 is 0. The molecule has 4 heterocycles. The predicted octanol–water partition coefficient (Wildman–Crippen LogP) is 3.86. The Morgan fingerprint density at radius 2 is 1.94 bits per heavy atom. The van der Waals surface area contributed by atoms with Gasteiger partial charge in [0.15, 0.2) is 5.82 Å². The molecule has 9 heteroatoms. The number of carbonyl (C=O) groups is 1. The van der Waals surface area contributed by atoms with Crippen molar-refractivity contribution in [3.05, 3.63) is 65.7 Å². The number of pyridine rings is 2. The number of halogens is 2. The molecular weight excluding hydrogens is 416 g/mol. The Kier molecular flexibility index (Phi) is 5.24. The largest absolute Gasteiger partial charge is 0.472 e. The monoisotopic (exact) mass is 437 g/mol. The quantitative estimate of drug-likeness (QED) is 0.603. The molecule has 1 saturated heterocycles. The van der Waals surface area contributed by atoms with Crippen LogP contribution in [-0.2, 0) is 0 Å². The molecule has 2 fully saturated rings. The third kappa shape index (κ3) is 3.79. The summed E-state index contributed by atoms with van der Waals surface area (Å²) in [5.41, 5.74) is 1.53. The number of fused-ring (bicyclic) bond motifs is 2. The SMILES string of the molecule is Cc1ccc(C(=O)N2CC3CC(Oc4ccc(C(F)F)cn4)C2C3)c(-c2ncccn2)n1. The van der Waals surface area contributed by atoms with Gasteiger partial charge in [-0.3, -0.25) is 4.79 Å². The lowest BCUT2D eigenvalue weighted by molar-refractivity contribution is 0.0466. The van der Waals surface area contributed by atoms with Crippen LogP contribution in [0.3, 0.4) is 0 Å². The molecule has 5 rings (SSSR count). The summed E-state index contributed by atoms with van der Waals surface area (Å²) in [6, 6.07) is 7.93. The normalized spacial score (nSPS) is 21.9. The molecule has 7 nitrogen and oxygen atoms in total. The standard InChI is InChI=1S/C23H21F2N5O2/c1-13-3-5-16(20(29-13)22-26-7-2-8-27-22)23(31)30-12-14-9-17(30)18(10-14)32-19-6-4-15(11-28-19)21(24)25/h2-8,11,14,17-18,21H,9-10,12H2,1H3. The lowest BCUT2D eigenvalue weighted by Crippen LogP contribution is -2.47. The second-order valence-corrected chi connectivity index (χ2v) is 8.17. The summed E-state index contributed by atoms with van der Waals surface area (Å²) in [5, 5.41) is 0. The molecular formula is C23H21F2N5O2. The average Bonchev–Trinajstić information content (AvgIpc) is 3.40. The van der Waals surface area contributed by atoms with Crippen molar-refractivity contribution < 1.29 is 18.3 Å². The van der Waals surface area contributed by atoms with Crippen LogP contribution in [0.1, 0.15) is 40.9 Å². The van der Waals surface area contributed by atoms with Crippen molar-refractivity contribution in [2.75, 3.05) is 6.54 Å². The van der Waals surface area contributed by atoms with Crippen LogP contribution in [0.4, 0.5) is 8.78 Å². The molecule has 1 aliphatic heterocycles. The van der Waals surface area contributed by atoms with E-state index in [0.717, 1.165) is 24.7 Å². The van der Waals surface area contributed by atoms with Crippen LogP contribution >= 0.6 is 0 Å². The molecule has 0 N–H and O–H groups in total. The van der Waals surface area contributed by atoms with Crippen LogP contribution in [0.15, 0.2) is 48.9 Å². The number of piperidine rings is 1. The number of amides is 1. The molecule has 3 unspecified atom stereocenters. The second kappa shape index (κ2) is 8.22. The van der Waals surface area contributed by atoms with Crippen molar-refractivity contribution in [3.63, 3.8) is 0 Å². The van der Waals surface area contributed by atoms with Crippen molar-refractivity contribution in [2.24, 2.45) is 5.92 Å². The summed E-state index contributed by atoms with van der Waals surface area (Å²) in [6.45, 7) is 2.50. The highest BCUT2D eigenvalue weighted by Gasteiger charge is 2.48. The van der Waals surface area contributed by atoms with E-state index in [1.54, 1.807) is 30.6 Å². The summed E-state index contributed by atoms with van der Waals surface area (Å²) in [7, 11) is 0. The number of rotatable bonds is 5. The first-order valence-electron chi connectivity index (χ1n) is 10.5. The molecule has 3 aromatic heterocycles. The van der Waals surface area contributed by atoms with E-state index < -0.39 is 6.43 Å². The number of hydrogen-bond donors (Lipinski definition) is 0. The molecule has 1 aliphatic carbocycles. The van der Waals surface area contributed by atoms with Gasteiger partial charge in [-0.2, -0.15) is 0 Å². The van der Waals surface area contributed by atoms with Crippen molar-refractivity contribution in [1.29, 1.82) is 0 Å². The predicted molar refractivity (Wildman–Crippen MR) is 111 cm³/mol. The van der Waals surface area contributed by atoms with Crippen molar-refractivity contribution in [1.82, 2.24) is 24.8 Å². The van der Waals surface area contributed by atoms with Gasteiger partial charge in [0.2, 0.25) is 5.88 Å². The van der Waals surface area contributed by atoms with Gasteiger partial charge in [-0.15, -0.1) is 0 Å². The molecule has 32 heavy (non-hydrogen) atoms. The molecule has 0 radical (unpaired) electrons. The average molecular weight is 437 g/mol. The van der Waals surface area contributed by atoms with Crippen molar-refractivity contribution in [3.8, 4) is 17.4 Å². The maximum atomic E-state index is 13.5. The third-order valence-corrected chi connectivity index (χ3v) is 6.01. The topological polar surface area (TPSA) is 81.1 Å². The summed E-state index contributed by atoms with van der Waals surface area (Å²) < 4.78 is 31.5. The number of hydrogen-bond acceptors (Lipinski definition) is 6. The zero-order valence-electron chi connectivity index (χ0n) is 17.4. The smallest absolute Gasteiger partial charge is 0.265 e. The number of aryl methyl sites for hydroxylation is 1. The lowest BCUT2D eigenvalue weighted by atomic mass is 10.0. The van der Waals surface area contributed by atoms with E-state index in [4.69, 9.17) is 4.74 Å². The van der Waals surface area contributed by atoms with Gasteiger partial charge >= 0.3 is 0 Å². The van der Waals surface area contributed by atoms with E-state index >= 15 is 0 Å². The summed E-state index contributed by atoms with van der Waals surface area (Å²) in [4.78, 5) is 32.4. The van der Waals surface area contributed by atoms with Crippen LogP contribution in [0.2, 0.25) is 0 Å². The van der Waals surface area contributed by atoms with E-state index in [2.05, 4.69) is 19.9 Å². The highest BCUT2D eigenvalue weighted by Crippen LogP contribution is 2.41. The van der Waals surface area contributed by atoms with Gasteiger partial charge in [-0.25, -0.2) is 28.7 Å². The maximum Gasteiger partial charge on any atom is 0.265 e. The first-order chi connectivity index (χ1) is 15.5. The number of nitrogens with zero attached hydrogens (tertiary/aromatic N) is 5. The van der Waals surface area contributed by atoms with Gasteiger partial charge < -0.3 is 9.64 Å². The van der Waals surface area contributed by atoms with E-state index in [9.17, 15) is 13.6 Å². The molecule has 0 aromatic carbocycles. The van der Waals surface area contributed by atoms with Crippen molar-refractivity contribution in [2.45, 2.75) is 38.3 Å². The number of carbonyl (C=O) groups excluding carboxylic acids is 1. The zero-order chi connectivity index (χ0) is 22.2. The van der Waals surface area contributed by atoms with Gasteiger partial charge in [0.1, 0.15) is 11.8 Å². The Morgan fingerprint density at radius 1 is 1.12 bits per heavy atom. The number of likely N-dealkylation sites (tertiary alicyclic amines) is 1. The van der Waals surface area contributed by atoms with Gasteiger partial charge in [-0.1, -0.05) is 0 Å². The molecule has 3 aromatic rings. The van der Waals surface area contributed by atoms with E-state index in [-0.39, 0.29) is 29.5 Å². The Bertz CT molecular complexity index is 1130. The molecule has 3 atom stereocenters. The Balaban J connectivity index is 1.38. The van der Waals surface area contributed by atoms with Gasteiger partial charge in [0.25, 0.3) is 12.3 Å². The first kappa shape index (κ1) is 20.4. The molecule has 2 aliphatic rings. The second-order valence-electron chi connectivity index (χ2n) is 8.17. The molecule has 2 bridgehead atoms. The van der Waals surface area contributed by atoms with Crippen LogP contribution < -0.4 is 4.74 Å².